The van der Waals surface area contributed by atoms with Crippen LogP contribution in [0.25, 0.3) is 0 Å². The minimum absolute atomic E-state index is 0.0252. The van der Waals surface area contributed by atoms with E-state index in [1.165, 1.54) is 23.8 Å². The Bertz CT molecular complexity index is 1150. The molecule has 0 radical (unpaired) electrons. The maximum atomic E-state index is 11.6. The lowest BCUT2D eigenvalue weighted by molar-refractivity contribution is 0.168. The van der Waals surface area contributed by atoms with Crippen LogP contribution in [-0.4, -0.2) is 65.4 Å². The maximum Gasteiger partial charge on any atom is 0.324 e. The van der Waals surface area contributed by atoms with E-state index in [1.54, 1.807) is 18.0 Å². The molecule has 32 heavy (non-hydrogen) atoms. The van der Waals surface area contributed by atoms with Crippen LogP contribution in [0.2, 0.25) is 0 Å². The molecule has 4 rings (SSSR count). The SMILES string of the molecule is CC(C)c1noc(N2CCC(Oc3nc(N(C)c4ccc(S(C)(=O)=O)nc4)ns3)CC2)n1. The van der Waals surface area contributed by atoms with Crippen molar-refractivity contribution < 1.29 is 17.7 Å². The van der Waals surface area contributed by atoms with Crippen LogP contribution >= 0.6 is 11.5 Å². The number of piperidine rings is 1. The lowest BCUT2D eigenvalue weighted by atomic mass is 10.1. The monoisotopic (exact) mass is 479 g/mol. The predicted molar refractivity (Wildman–Crippen MR) is 120 cm³/mol. The smallest absolute Gasteiger partial charge is 0.324 e. The van der Waals surface area contributed by atoms with Crippen molar-refractivity contribution in [3.8, 4) is 5.19 Å². The van der Waals surface area contributed by atoms with E-state index in [9.17, 15) is 8.42 Å². The zero-order valence-electron chi connectivity index (χ0n) is 18.3. The van der Waals surface area contributed by atoms with Crippen LogP contribution in [0.4, 0.5) is 17.7 Å². The Morgan fingerprint density at radius 2 is 2.00 bits per heavy atom. The van der Waals surface area contributed by atoms with Gasteiger partial charge in [-0.2, -0.15) is 9.97 Å². The van der Waals surface area contributed by atoms with Gasteiger partial charge in [0.2, 0.25) is 5.95 Å². The molecule has 1 fully saturated rings. The quantitative estimate of drug-likeness (QED) is 0.496. The third kappa shape index (κ3) is 4.99. The minimum atomic E-state index is -3.34. The highest BCUT2D eigenvalue weighted by Gasteiger charge is 2.26. The van der Waals surface area contributed by atoms with Gasteiger partial charge in [0.25, 0.3) is 5.19 Å². The minimum Gasteiger partial charge on any atom is -0.466 e. The fourth-order valence-corrected chi connectivity index (χ4v) is 4.37. The number of hydrogen-bond acceptors (Lipinski definition) is 12. The average molecular weight is 480 g/mol. The summed E-state index contributed by atoms with van der Waals surface area (Å²) in [6, 6.07) is 3.69. The van der Waals surface area contributed by atoms with E-state index in [0.717, 1.165) is 32.2 Å². The number of hydrogen-bond donors (Lipinski definition) is 0. The van der Waals surface area contributed by atoms with Crippen molar-refractivity contribution in [3.63, 3.8) is 0 Å². The summed E-state index contributed by atoms with van der Waals surface area (Å²) in [4.78, 5) is 16.7. The van der Waals surface area contributed by atoms with Gasteiger partial charge in [-0.3, -0.25) is 0 Å². The van der Waals surface area contributed by atoms with Crippen molar-refractivity contribution in [2.75, 3.05) is 36.2 Å². The van der Waals surface area contributed by atoms with E-state index < -0.39 is 9.84 Å². The topological polar surface area (TPSA) is 127 Å². The van der Waals surface area contributed by atoms with Gasteiger partial charge in [-0.25, -0.2) is 13.4 Å². The van der Waals surface area contributed by atoms with Crippen molar-refractivity contribution in [2.45, 2.75) is 43.7 Å². The first kappa shape index (κ1) is 22.4. The molecule has 0 amide bonds. The fourth-order valence-electron chi connectivity index (χ4n) is 3.19. The Labute approximate surface area is 190 Å². The molecule has 13 heteroatoms. The van der Waals surface area contributed by atoms with E-state index in [-0.39, 0.29) is 17.0 Å². The van der Waals surface area contributed by atoms with Gasteiger partial charge in [-0.15, -0.1) is 4.37 Å². The Morgan fingerprint density at radius 1 is 1.25 bits per heavy atom. The molecule has 3 aromatic rings. The lowest BCUT2D eigenvalue weighted by Crippen LogP contribution is -2.38. The molecule has 0 spiro atoms. The zero-order valence-corrected chi connectivity index (χ0v) is 19.9. The molecule has 0 atom stereocenters. The van der Waals surface area contributed by atoms with Gasteiger partial charge in [0, 0.05) is 56.7 Å². The molecule has 0 aromatic carbocycles. The Balaban J connectivity index is 1.33. The summed E-state index contributed by atoms with van der Waals surface area (Å²) >= 11 is 1.18. The van der Waals surface area contributed by atoms with Gasteiger partial charge in [-0.05, 0) is 12.1 Å². The van der Waals surface area contributed by atoms with E-state index in [4.69, 9.17) is 9.26 Å². The molecule has 0 unspecified atom stereocenters. The number of ether oxygens (including phenoxy) is 1. The highest BCUT2D eigenvalue weighted by atomic mass is 32.2. The normalized spacial score (nSPS) is 15.3. The zero-order chi connectivity index (χ0) is 22.9. The van der Waals surface area contributed by atoms with Gasteiger partial charge in [-0.1, -0.05) is 19.0 Å². The molecule has 1 aliphatic rings. The van der Waals surface area contributed by atoms with Gasteiger partial charge >= 0.3 is 6.01 Å². The van der Waals surface area contributed by atoms with Gasteiger partial charge < -0.3 is 19.1 Å². The lowest BCUT2D eigenvalue weighted by Gasteiger charge is -2.29. The van der Waals surface area contributed by atoms with Crippen LogP contribution in [0.1, 0.15) is 38.4 Å². The molecule has 1 saturated heterocycles. The molecule has 1 aliphatic heterocycles. The number of pyridine rings is 1. The number of aromatic nitrogens is 5. The number of nitrogens with zero attached hydrogens (tertiary/aromatic N) is 7. The summed E-state index contributed by atoms with van der Waals surface area (Å²) in [5.74, 6) is 1.40. The second-order valence-corrected chi connectivity index (χ2v) is 10.6. The molecule has 0 saturated carbocycles. The molecule has 0 bridgehead atoms. The van der Waals surface area contributed by atoms with Crippen molar-refractivity contribution in [2.24, 2.45) is 0 Å². The molecular formula is C19H25N7O4S2. The van der Waals surface area contributed by atoms with Crippen LogP contribution < -0.4 is 14.5 Å². The molecule has 172 valence electrons. The predicted octanol–water partition coefficient (Wildman–Crippen LogP) is 2.66. The Kier molecular flexibility index (Phi) is 6.29. The van der Waals surface area contributed by atoms with Gasteiger partial charge in [0.15, 0.2) is 20.7 Å². The van der Waals surface area contributed by atoms with E-state index >= 15 is 0 Å². The molecular weight excluding hydrogens is 454 g/mol. The third-order valence-electron chi connectivity index (χ3n) is 5.11. The first-order valence-electron chi connectivity index (χ1n) is 10.2. The van der Waals surface area contributed by atoms with Crippen LogP contribution in [0, 0.1) is 0 Å². The first-order valence-corrected chi connectivity index (χ1v) is 12.9. The van der Waals surface area contributed by atoms with Crippen LogP contribution in [-0.2, 0) is 9.84 Å². The fraction of sp³-hybridized carbons (Fsp3) is 0.526. The number of sulfone groups is 1. The Hall–Kier alpha value is -2.80. The maximum absolute atomic E-state index is 11.6. The largest absolute Gasteiger partial charge is 0.466 e. The standard InChI is InChI=1S/C19H25N7O4S2/c1-12(2)16-21-18(30-23-16)26-9-7-14(8-10-26)29-19-22-17(24-31-19)25(3)13-5-6-15(20-11-13)32(4,27)28/h5-6,11-12,14H,7-10H2,1-4H3. The van der Waals surface area contributed by atoms with Crippen molar-refractivity contribution in [1.82, 2.24) is 24.5 Å². The van der Waals surface area contributed by atoms with Gasteiger partial charge in [0.1, 0.15) is 6.10 Å². The number of rotatable bonds is 7. The molecule has 3 aromatic heterocycles. The summed E-state index contributed by atoms with van der Waals surface area (Å²) < 4.78 is 38.9. The average Bonchev–Trinajstić information content (AvgIpc) is 3.43. The summed E-state index contributed by atoms with van der Waals surface area (Å²) in [6.45, 7) is 5.58. The molecule has 0 aliphatic carbocycles. The second-order valence-electron chi connectivity index (χ2n) is 7.94. The van der Waals surface area contributed by atoms with E-state index in [0.29, 0.717) is 28.7 Å². The molecule has 11 nitrogen and oxygen atoms in total. The van der Waals surface area contributed by atoms with Crippen molar-refractivity contribution >= 4 is 39.0 Å². The highest BCUT2D eigenvalue weighted by Crippen LogP contribution is 2.28. The van der Waals surface area contributed by atoms with Crippen molar-refractivity contribution in [1.29, 1.82) is 0 Å². The Morgan fingerprint density at radius 3 is 2.59 bits per heavy atom. The van der Waals surface area contributed by atoms with Crippen LogP contribution in [0.3, 0.4) is 0 Å². The third-order valence-corrected chi connectivity index (χ3v) is 6.71. The molecule has 0 N–H and O–H groups in total. The van der Waals surface area contributed by atoms with Crippen LogP contribution in [0.15, 0.2) is 27.9 Å². The van der Waals surface area contributed by atoms with Crippen molar-refractivity contribution in [3.05, 3.63) is 24.2 Å². The summed E-state index contributed by atoms with van der Waals surface area (Å²) in [5, 5.41) is 4.54. The summed E-state index contributed by atoms with van der Waals surface area (Å²) in [5.41, 5.74) is 0.676. The summed E-state index contributed by atoms with van der Waals surface area (Å²) in [7, 11) is -1.55. The molecule has 4 heterocycles. The first-order chi connectivity index (χ1) is 15.2. The second kappa shape index (κ2) is 8.98. The number of anilines is 3. The van der Waals surface area contributed by atoms with E-state index in [2.05, 4.69) is 29.4 Å². The van der Waals surface area contributed by atoms with Crippen LogP contribution in [0.5, 0.6) is 5.19 Å². The summed E-state index contributed by atoms with van der Waals surface area (Å²) in [6.07, 6.45) is 4.25. The highest BCUT2D eigenvalue weighted by molar-refractivity contribution is 7.90. The van der Waals surface area contributed by atoms with E-state index in [1.807, 2.05) is 13.8 Å². The van der Waals surface area contributed by atoms with Gasteiger partial charge in [0.05, 0.1) is 11.9 Å².